The lowest BCUT2D eigenvalue weighted by molar-refractivity contribution is 0.851. The summed E-state index contributed by atoms with van der Waals surface area (Å²) in [5.74, 6) is 2.66. The van der Waals surface area contributed by atoms with Crippen LogP contribution in [0.25, 0.3) is 0 Å². The number of anilines is 3. The zero-order valence-corrected chi connectivity index (χ0v) is 15.2. The van der Waals surface area contributed by atoms with Crippen LogP contribution in [0.15, 0.2) is 60.8 Å². The van der Waals surface area contributed by atoms with Gasteiger partial charge in [0.25, 0.3) is 0 Å². The van der Waals surface area contributed by atoms with E-state index in [1.807, 2.05) is 68.8 Å². The van der Waals surface area contributed by atoms with Crippen molar-refractivity contribution in [3.05, 3.63) is 72.2 Å². The maximum Gasteiger partial charge on any atom is 0.128 e. The van der Waals surface area contributed by atoms with Crippen molar-refractivity contribution in [1.29, 1.82) is 0 Å². The molecule has 0 atom stereocenters. The average Bonchev–Trinajstić information content (AvgIpc) is 2.69. The standard InChI is InChI=1S/C20H24N6/c1-21-18-9-6-10-19(25-18)23-14-12-16-8-5-11-20(24-16)26(2)15-17-7-3-4-13-22-17/h3-11,13H,12,14-15H2,1-2H3,(H2,21,23,25). The molecule has 0 saturated carbocycles. The number of rotatable bonds is 8. The molecule has 0 unspecified atom stereocenters. The minimum absolute atomic E-state index is 0.732. The maximum absolute atomic E-state index is 4.76. The fourth-order valence-electron chi connectivity index (χ4n) is 2.63. The summed E-state index contributed by atoms with van der Waals surface area (Å²) in [6.45, 7) is 1.51. The molecular weight excluding hydrogens is 324 g/mol. The Kier molecular flexibility index (Phi) is 5.98. The van der Waals surface area contributed by atoms with Gasteiger partial charge in [-0.2, -0.15) is 0 Å². The van der Waals surface area contributed by atoms with Gasteiger partial charge >= 0.3 is 0 Å². The highest BCUT2D eigenvalue weighted by molar-refractivity contribution is 5.45. The highest BCUT2D eigenvalue weighted by Gasteiger charge is 2.05. The Hall–Kier alpha value is -3.15. The van der Waals surface area contributed by atoms with Gasteiger partial charge in [-0.3, -0.25) is 4.98 Å². The van der Waals surface area contributed by atoms with Crippen molar-refractivity contribution in [2.75, 3.05) is 36.2 Å². The summed E-state index contributed by atoms with van der Waals surface area (Å²) < 4.78 is 0. The second-order valence-corrected chi connectivity index (χ2v) is 6.00. The molecule has 0 aliphatic heterocycles. The summed E-state index contributed by atoms with van der Waals surface area (Å²) in [5.41, 5.74) is 2.08. The molecule has 0 radical (unpaired) electrons. The molecule has 0 aliphatic carbocycles. The van der Waals surface area contributed by atoms with Crippen LogP contribution in [0.2, 0.25) is 0 Å². The molecular formula is C20H24N6. The molecule has 0 amide bonds. The first-order valence-electron chi connectivity index (χ1n) is 8.70. The predicted molar refractivity (Wildman–Crippen MR) is 107 cm³/mol. The van der Waals surface area contributed by atoms with Crippen LogP contribution >= 0.6 is 0 Å². The van der Waals surface area contributed by atoms with Gasteiger partial charge in [-0.05, 0) is 36.4 Å². The predicted octanol–water partition coefficient (Wildman–Crippen LogP) is 3.20. The lowest BCUT2D eigenvalue weighted by atomic mass is 10.2. The number of nitrogens with one attached hydrogen (secondary N) is 2. The fourth-order valence-corrected chi connectivity index (χ4v) is 2.63. The second kappa shape index (κ2) is 8.80. The molecule has 3 rings (SSSR count). The lowest BCUT2D eigenvalue weighted by Crippen LogP contribution is -2.19. The summed E-state index contributed by atoms with van der Waals surface area (Å²) >= 11 is 0. The molecule has 134 valence electrons. The normalized spacial score (nSPS) is 10.4. The van der Waals surface area contributed by atoms with Crippen LogP contribution in [0.5, 0.6) is 0 Å². The summed E-state index contributed by atoms with van der Waals surface area (Å²) in [6.07, 6.45) is 2.65. The van der Waals surface area contributed by atoms with Crippen LogP contribution in [-0.4, -0.2) is 35.6 Å². The van der Waals surface area contributed by atoms with E-state index in [1.165, 1.54) is 0 Å². The van der Waals surface area contributed by atoms with Gasteiger partial charge < -0.3 is 15.5 Å². The molecule has 0 aromatic carbocycles. The van der Waals surface area contributed by atoms with Crippen LogP contribution in [0, 0.1) is 0 Å². The lowest BCUT2D eigenvalue weighted by Gasteiger charge is -2.18. The van der Waals surface area contributed by atoms with Crippen molar-refractivity contribution in [3.63, 3.8) is 0 Å². The Bertz CT molecular complexity index is 821. The van der Waals surface area contributed by atoms with Crippen LogP contribution < -0.4 is 15.5 Å². The Balaban J connectivity index is 1.56. The monoisotopic (exact) mass is 348 g/mol. The minimum atomic E-state index is 0.732. The van der Waals surface area contributed by atoms with Crippen molar-refractivity contribution in [3.8, 4) is 0 Å². The van der Waals surface area contributed by atoms with E-state index in [0.717, 1.165) is 48.4 Å². The Morgan fingerprint density at radius 1 is 0.885 bits per heavy atom. The third kappa shape index (κ3) is 4.92. The first kappa shape index (κ1) is 17.7. The molecule has 3 aromatic rings. The molecule has 0 spiro atoms. The van der Waals surface area contributed by atoms with E-state index in [1.54, 1.807) is 0 Å². The molecule has 6 nitrogen and oxygen atoms in total. The van der Waals surface area contributed by atoms with E-state index < -0.39 is 0 Å². The molecule has 3 heterocycles. The van der Waals surface area contributed by atoms with Gasteiger partial charge in [0.15, 0.2) is 0 Å². The van der Waals surface area contributed by atoms with E-state index in [2.05, 4.69) is 31.6 Å². The van der Waals surface area contributed by atoms with Crippen LogP contribution in [-0.2, 0) is 13.0 Å². The molecule has 0 saturated heterocycles. The van der Waals surface area contributed by atoms with Gasteiger partial charge in [0, 0.05) is 39.0 Å². The summed E-state index contributed by atoms with van der Waals surface area (Å²) in [5, 5.41) is 6.38. The van der Waals surface area contributed by atoms with Crippen LogP contribution in [0.3, 0.4) is 0 Å². The average molecular weight is 348 g/mol. The van der Waals surface area contributed by atoms with Crippen LogP contribution in [0.4, 0.5) is 17.5 Å². The van der Waals surface area contributed by atoms with Gasteiger partial charge in [-0.1, -0.05) is 18.2 Å². The van der Waals surface area contributed by atoms with Crippen LogP contribution in [0.1, 0.15) is 11.4 Å². The smallest absolute Gasteiger partial charge is 0.128 e. The van der Waals surface area contributed by atoms with E-state index in [9.17, 15) is 0 Å². The third-order valence-corrected chi connectivity index (χ3v) is 4.00. The highest BCUT2D eigenvalue weighted by Crippen LogP contribution is 2.13. The minimum Gasteiger partial charge on any atom is -0.373 e. The van der Waals surface area contributed by atoms with Gasteiger partial charge in [-0.25, -0.2) is 9.97 Å². The first-order valence-corrected chi connectivity index (χ1v) is 8.70. The van der Waals surface area contributed by atoms with Gasteiger partial charge in [-0.15, -0.1) is 0 Å². The van der Waals surface area contributed by atoms with E-state index in [4.69, 9.17) is 4.98 Å². The Morgan fingerprint density at radius 2 is 1.69 bits per heavy atom. The number of hydrogen-bond donors (Lipinski definition) is 2. The van der Waals surface area contributed by atoms with Crippen molar-refractivity contribution >= 4 is 17.5 Å². The molecule has 0 aliphatic rings. The third-order valence-electron chi connectivity index (χ3n) is 4.00. The quantitative estimate of drug-likeness (QED) is 0.652. The van der Waals surface area contributed by atoms with Crippen molar-refractivity contribution < 1.29 is 0 Å². The highest BCUT2D eigenvalue weighted by atomic mass is 15.2. The topological polar surface area (TPSA) is 66.0 Å². The molecule has 2 N–H and O–H groups in total. The van der Waals surface area contributed by atoms with E-state index >= 15 is 0 Å². The summed E-state index contributed by atoms with van der Waals surface area (Å²) in [7, 11) is 3.90. The zero-order valence-electron chi connectivity index (χ0n) is 15.2. The van der Waals surface area contributed by atoms with Gasteiger partial charge in [0.2, 0.25) is 0 Å². The van der Waals surface area contributed by atoms with Crippen molar-refractivity contribution in [2.24, 2.45) is 0 Å². The molecule has 3 aromatic heterocycles. The van der Waals surface area contributed by atoms with Gasteiger partial charge in [0.05, 0.1) is 12.2 Å². The molecule has 0 fully saturated rings. The van der Waals surface area contributed by atoms with Crippen molar-refractivity contribution in [2.45, 2.75) is 13.0 Å². The van der Waals surface area contributed by atoms with Gasteiger partial charge in [0.1, 0.15) is 17.5 Å². The van der Waals surface area contributed by atoms with Crippen molar-refractivity contribution in [1.82, 2.24) is 15.0 Å². The summed E-state index contributed by atoms with van der Waals surface area (Å²) in [4.78, 5) is 15.7. The molecule has 0 bridgehead atoms. The SMILES string of the molecule is CNc1cccc(NCCc2cccc(N(C)Cc3ccccn3)n2)n1. The molecule has 26 heavy (non-hydrogen) atoms. The fraction of sp³-hybridized carbons (Fsp3) is 0.250. The largest absolute Gasteiger partial charge is 0.373 e. The number of nitrogens with zero attached hydrogens (tertiary/aromatic N) is 4. The zero-order chi connectivity index (χ0) is 18.2. The second-order valence-electron chi connectivity index (χ2n) is 6.00. The number of aromatic nitrogens is 3. The van der Waals surface area contributed by atoms with E-state index in [-0.39, 0.29) is 0 Å². The Morgan fingerprint density at radius 3 is 2.50 bits per heavy atom. The van der Waals surface area contributed by atoms with E-state index in [0.29, 0.717) is 0 Å². The first-order chi connectivity index (χ1) is 12.7. The molecule has 6 heteroatoms. The maximum atomic E-state index is 4.76. The summed E-state index contributed by atoms with van der Waals surface area (Å²) in [6, 6.07) is 18.0. The number of hydrogen-bond acceptors (Lipinski definition) is 6. The Labute approximate surface area is 154 Å². The number of pyridine rings is 3.